The first-order valence-electron chi connectivity index (χ1n) is 5.38. The van der Waals surface area contributed by atoms with E-state index in [2.05, 4.69) is 4.52 Å². The zero-order valence-corrected chi connectivity index (χ0v) is 10.7. The third-order valence-electron chi connectivity index (χ3n) is 2.47. The van der Waals surface area contributed by atoms with Crippen molar-refractivity contribution in [2.24, 2.45) is 0 Å². The Hall–Kier alpha value is -0.130. The molecule has 10 nitrogen and oxygen atoms in total. The first-order valence-corrected chi connectivity index (χ1v) is 6.91. The summed E-state index contributed by atoms with van der Waals surface area (Å²) in [6.07, 6.45) is -7.08. The molecule has 0 bridgehead atoms. The zero-order valence-electron chi connectivity index (χ0n) is 9.77. The van der Waals surface area contributed by atoms with Gasteiger partial charge in [0.05, 0.1) is 19.8 Å². The van der Waals surface area contributed by atoms with Crippen LogP contribution in [0.2, 0.25) is 0 Å². The maximum atomic E-state index is 10.4. The van der Waals surface area contributed by atoms with Crippen LogP contribution in [0.3, 0.4) is 0 Å². The van der Waals surface area contributed by atoms with Gasteiger partial charge in [-0.2, -0.15) is 0 Å². The Morgan fingerprint density at radius 2 is 1.68 bits per heavy atom. The molecular weight excluding hydrogens is 287 g/mol. The molecule has 0 amide bonds. The van der Waals surface area contributed by atoms with Crippen LogP contribution < -0.4 is 0 Å². The van der Waals surface area contributed by atoms with Crippen molar-refractivity contribution < 1.29 is 48.8 Å². The highest BCUT2D eigenvalue weighted by Crippen LogP contribution is 2.35. The van der Waals surface area contributed by atoms with Crippen molar-refractivity contribution in [3.8, 4) is 0 Å². The molecule has 19 heavy (non-hydrogen) atoms. The number of hydrogen-bond donors (Lipinski definition) is 6. The minimum Gasteiger partial charge on any atom is -0.394 e. The normalized spacial score (nSPS) is 36.4. The number of phosphoric acid groups is 1. The fourth-order valence-corrected chi connectivity index (χ4v) is 1.84. The molecule has 1 fully saturated rings. The molecule has 0 aromatic carbocycles. The Bertz CT molecular complexity index is 317. The monoisotopic (exact) mass is 304 g/mol. The van der Waals surface area contributed by atoms with Gasteiger partial charge in [-0.15, -0.1) is 0 Å². The predicted octanol–water partition coefficient (Wildman–Crippen LogP) is -3.09. The largest absolute Gasteiger partial charge is 0.469 e. The van der Waals surface area contributed by atoms with Crippen molar-refractivity contribution in [3.63, 3.8) is 0 Å². The molecule has 11 heteroatoms. The molecule has 1 rings (SSSR count). The van der Waals surface area contributed by atoms with Crippen molar-refractivity contribution in [2.45, 2.75) is 30.7 Å². The third-order valence-corrected chi connectivity index (χ3v) is 2.99. The summed E-state index contributed by atoms with van der Waals surface area (Å²) in [6, 6.07) is 0. The average Bonchev–Trinajstić information content (AvgIpc) is 2.33. The van der Waals surface area contributed by atoms with Crippen LogP contribution >= 0.6 is 7.82 Å². The first kappa shape index (κ1) is 16.9. The van der Waals surface area contributed by atoms with Gasteiger partial charge in [0, 0.05) is 0 Å². The summed E-state index contributed by atoms with van der Waals surface area (Å²) in [4.78, 5) is 16.8. The molecule has 0 unspecified atom stereocenters. The molecular formula is C8H17O10P. The Labute approximate surface area is 108 Å². The molecule has 5 atom stereocenters. The van der Waals surface area contributed by atoms with Gasteiger partial charge in [-0.25, -0.2) is 4.57 Å². The Kier molecular flexibility index (Phi) is 6.27. The van der Waals surface area contributed by atoms with Gasteiger partial charge >= 0.3 is 7.82 Å². The van der Waals surface area contributed by atoms with Crippen LogP contribution in [0.25, 0.3) is 0 Å². The van der Waals surface area contributed by atoms with Crippen molar-refractivity contribution in [3.05, 3.63) is 0 Å². The molecule has 1 aliphatic rings. The zero-order chi connectivity index (χ0) is 14.6. The summed E-state index contributed by atoms with van der Waals surface area (Å²) in [5, 5.41) is 37.3. The fourth-order valence-electron chi connectivity index (χ4n) is 1.53. The van der Waals surface area contributed by atoms with E-state index in [1.54, 1.807) is 0 Å². The second kappa shape index (κ2) is 7.04. The van der Waals surface area contributed by atoms with Crippen LogP contribution in [-0.4, -0.2) is 80.7 Å². The predicted molar refractivity (Wildman–Crippen MR) is 57.7 cm³/mol. The topological polar surface area (TPSA) is 166 Å². The minimum atomic E-state index is -4.60. The molecule has 0 radical (unpaired) electrons. The molecule has 6 N–H and O–H groups in total. The number of rotatable bonds is 6. The van der Waals surface area contributed by atoms with Gasteiger partial charge < -0.3 is 39.7 Å². The summed E-state index contributed by atoms with van der Waals surface area (Å²) in [5.41, 5.74) is 0. The van der Waals surface area contributed by atoms with E-state index >= 15 is 0 Å². The summed E-state index contributed by atoms with van der Waals surface area (Å²) < 4.78 is 24.4. The van der Waals surface area contributed by atoms with Gasteiger partial charge in [0.2, 0.25) is 0 Å². The lowest BCUT2D eigenvalue weighted by Crippen LogP contribution is -2.59. The maximum Gasteiger partial charge on any atom is 0.469 e. The Morgan fingerprint density at radius 3 is 2.21 bits per heavy atom. The van der Waals surface area contributed by atoms with E-state index in [1.807, 2.05) is 0 Å². The molecule has 0 saturated carbocycles. The van der Waals surface area contributed by atoms with E-state index in [1.165, 1.54) is 0 Å². The molecule has 1 aliphatic heterocycles. The molecule has 0 aliphatic carbocycles. The van der Waals surface area contributed by atoms with Crippen molar-refractivity contribution in [2.75, 3.05) is 19.8 Å². The SMILES string of the molecule is O=P(O)(O)OCCO[C@@H]1O[C@H](CO)[C@@H](O)[C@H](O)[C@H]1O. The van der Waals surface area contributed by atoms with E-state index < -0.39 is 51.7 Å². The van der Waals surface area contributed by atoms with Crippen molar-refractivity contribution >= 4 is 7.82 Å². The average molecular weight is 304 g/mol. The fraction of sp³-hybridized carbons (Fsp3) is 1.00. The number of aliphatic hydroxyl groups is 4. The lowest BCUT2D eigenvalue weighted by Gasteiger charge is -2.39. The molecule has 0 aromatic rings. The standard InChI is InChI=1S/C8H17O10P/c9-3-4-5(10)6(11)7(12)8(18-4)16-1-2-17-19(13,14)15/h4-12H,1-3H2,(H2,13,14,15)/t4-,5-,6+,7-,8-/m1/s1. The Morgan fingerprint density at radius 1 is 1.05 bits per heavy atom. The molecule has 1 saturated heterocycles. The highest BCUT2D eigenvalue weighted by atomic mass is 31.2. The molecule has 0 aromatic heterocycles. The van der Waals surface area contributed by atoms with Crippen LogP contribution in [-0.2, 0) is 18.6 Å². The van der Waals surface area contributed by atoms with Crippen LogP contribution in [0.1, 0.15) is 0 Å². The summed E-state index contributed by atoms with van der Waals surface area (Å²) in [6.45, 7) is -1.38. The number of aliphatic hydroxyl groups excluding tert-OH is 4. The molecule has 0 spiro atoms. The minimum absolute atomic E-state index is 0.326. The van der Waals surface area contributed by atoms with E-state index in [9.17, 15) is 19.9 Å². The number of hydrogen-bond acceptors (Lipinski definition) is 8. The van der Waals surface area contributed by atoms with E-state index in [-0.39, 0.29) is 6.61 Å². The Balaban J connectivity index is 2.42. The molecule has 1 heterocycles. The van der Waals surface area contributed by atoms with Crippen LogP contribution in [0.5, 0.6) is 0 Å². The van der Waals surface area contributed by atoms with Gasteiger partial charge in [-0.1, -0.05) is 0 Å². The van der Waals surface area contributed by atoms with Crippen molar-refractivity contribution in [1.82, 2.24) is 0 Å². The summed E-state index contributed by atoms with van der Waals surface area (Å²) in [7, 11) is -4.60. The third kappa shape index (κ3) is 5.04. The maximum absolute atomic E-state index is 10.4. The number of phosphoric ester groups is 1. The van der Waals surface area contributed by atoms with Gasteiger partial charge in [-0.05, 0) is 0 Å². The van der Waals surface area contributed by atoms with Gasteiger partial charge in [-0.3, -0.25) is 4.52 Å². The van der Waals surface area contributed by atoms with Crippen LogP contribution in [0.15, 0.2) is 0 Å². The lowest BCUT2D eigenvalue weighted by molar-refractivity contribution is -0.301. The van der Waals surface area contributed by atoms with Gasteiger partial charge in [0.1, 0.15) is 24.4 Å². The highest BCUT2D eigenvalue weighted by Gasteiger charge is 2.43. The quantitative estimate of drug-likeness (QED) is 0.219. The summed E-state index contributed by atoms with van der Waals surface area (Å²) in [5.74, 6) is 0. The lowest BCUT2D eigenvalue weighted by atomic mass is 9.99. The summed E-state index contributed by atoms with van der Waals surface area (Å²) >= 11 is 0. The van der Waals surface area contributed by atoms with Crippen molar-refractivity contribution in [1.29, 1.82) is 0 Å². The first-order chi connectivity index (χ1) is 8.76. The highest BCUT2D eigenvalue weighted by molar-refractivity contribution is 7.46. The van der Waals surface area contributed by atoms with Gasteiger partial charge in [0.15, 0.2) is 6.29 Å². The van der Waals surface area contributed by atoms with E-state index in [0.717, 1.165) is 0 Å². The molecule has 114 valence electrons. The second-order valence-corrected chi connectivity index (χ2v) is 5.13. The number of ether oxygens (including phenoxy) is 2. The van der Waals surface area contributed by atoms with E-state index in [4.69, 9.17) is 24.4 Å². The van der Waals surface area contributed by atoms with Crippen LogP contribution in [0, 0.1) is 0 Å². The van der Waals surface area contributed by atoms with Gasteiger partial charge in [0.25, 0.3) is 0 Å². The smallest absolute Gasteiger partial charge is 0.394 e. The van der Waals surface area contributed by atoms with Crippen LogP contribution in [0.4, 0.5) is 0 Å². The van der Waals surface area contributed by atoms with E-state index in [0.29, 0.717) is 0 Å². The second-order valence-electron chi connectivity index (χ2n) is 3.89.